The van der Waals surface area contributed by atoms with Gasteiger partial charge in [0, 0.05) is 6.04 Å². The van der Waals surface area contributed by atoms with Crippen molar-refractivity contribution in [2.45, 2.75) is 71.3 Å². The lowest BCUT2D eigenvalue weighted by Gasteiger charge is -2.38. The smallest absolute Gasteiger partial charge is 0.234 e. The van der Waals surface area contributed by atoms with E-state index in [9.17, 15) is 4.79 Å². The van der Waals surface area contributed by atoms with Crippen molar-refractivity contribution >= 4 is 11.7 Å². The zero-order chi connectivity index (χ0) is 15.5. The summed E-state index contributed by atoms with van der Waals surface area (Å²) in [7, 11) is 0. The Kier molecular flexibility index (Phi) is 5.12. The van der Waals surface area contributed by atoms with E-state index in [0.29, 0.717) is 18.8 Å². The van der Waals surface area contributed by atoms with Crippen molar-refractivity contribution in [3.8, 4) is 0 Å². The Balaban J connectivity index is 2.05. The highest BCUT2D eigenvalue weighted by molar-refractivity contribution is 6.06. The Bertz CT molecular complexity index is 402. The molecule has 0 heterocycles. The van der Waals surface area contributed by atoms with Gasteiger partial charge in [0.05, 0.1) is 0 Å². The van der Waals surface area contributed by atoms with Crippen LogP contribution in [-0.2, 0) is 4.79 Å². The number of nitrogens with one attached hydrogen (secondary N) is 1. The largest absolute Gasteiger partial charge is 0.409 e. The molecule has 0 spiro atoms. The molecule has 0 radical (unpaired) electrons. The Hall–Kier alpha value is -1.26. The van der Waals surface area contributed by atoms with E-state index in [4.69, 9.17) is 10.9 Å². The molecule has 2 rings (SSSR count). The second-order valence-corrected chi connectivity index (χ2v) is 7.07. The van der Waals surface area contributed by atoms with E-state index in [1.54, 1.807) is 0 Å². The van der Waals surface area contributed by atoms with Gasteiger partial charge in [-0.05, 0) is 43.9 Å². The number of hydrogen-bond donors (Lipinski definition) is 3. The number of carbonyl (C=O) groups is 1. The number of rotatable bonds is 3. The van der Waals surface area contributed by atoms with Crippen LogP contribution in [0.4, 0.5) is 0 Å². The number of nitrogens with zero attached hydrogens (tertiary/aromatic N) is 1. The van der Waals surface area contributed by atoms with Crippen molar-refractivity contribution in [1.82, 2.24) is 5.32 Å². The molecule has 0 bridgehead atoms. The van der Waals surface area contributed by atoms with E-state index in [2.05, 4.69) is 24.3 Å². The number of nitrogens with two attached hydrogens (primary N) is 1. The van der Waals surface area contributed by atoms with Gasteiger partial charge < -0.3 is 16.3 Å². The van der Waals surface area contributed by atoms with Crippen LogP contribution in [0.3, 0.4) is 0 Å². The highest BCUT2D eigenvalue weighted by Gasteiger charge is 2.44. The van der Waals surface area contributed by atoms with Crippen LogP contribution in [0.2, 0.25) is 0 Å². The molecule has 0 aliphatic heterocycles. The van der Waals surface area contributed by atoms with Crippen molar-refractivity contribution < 1.29 is 10.0 Å². The molecule has 2 saturated carbocycles. The molecular weight excluding hydrogens is 266 g/mol. The molecule has 0 aromatic rings. The van der Waals surface area contributed by atoms with E-state index < -0.39 is 5.41 Å². The summed E-state index contributed by atoms with van der Waals surface area (Å²) in [6.07, 6.45) is 7.63. The molecule has 3 atom stereocenters. The van der Waals surface area contributed by atoms with E-state index in [1.165, 1.54) is 0 Å². The predicted octanol–water partition coefficient (Wildman–Crippen LogP) is 2.62. The number of carbonyl (C=O) groups excluding carboxylic acids is 1. The molecule has 3 unspecified atom stereocenters. The zero-order valence-corrected chi connectivity index (χ0v) is 13.3. The number of oxime groups is 1. The summed E-state index contributed by atoms with van der Waals surface area (Å²) in [6, 6.07) is 0.231. The lowest BCUT2D eigenvalue weighted by atomic mass is 9.71. The third-order valence-corrected chi connectivity index (χ3v) is 5.67. The topological polar surface area (TPSA) is 87.7 Å². The fourth-order valence-corrected chi connectivity index (χ4v) is 3.85. The Morgan fingerprint density at radius 3 is 2.43 bits per heavy atom. The predicted molar refractivity (Wildman–Crippen MR) is 83.0 cm³/mol. The normalized spacial score (nSPS) is 33.4. The standard InChI is InChI=1S/C16H29N3O2/c1-11-6-7-13(10-12(11)2)18-15(20)16(14(17)19-21)8-4-3-5-9-16/h11-13,21H,3-10H2,1-2H3,(H2,17,19)(H,18,20). The molecule has 5 nitrogen and oxygen atoms in total. The Morgan fingerprint density at radius 2 is 1.86 bits per heavy atom. The van der Waals surface area contributed by atoms with Crippen LogP contribution < -0.4 is 11.1 Å². The van der Waals surface area contributed by atoms with Gasteiger partial charge in [0.15, 0.2) is 5.84 Å². The first-order chi connectivity index (χ1) is 9.99. The molecule has 2 aliphatic carbocycles. The summed E-state index contributed by atoms with van der Waals surface area (Å²) in [6.45, 7) is 4.53. The van der Waals surface area contributed by atoms with E-state index in [-0.39, 0.29) is 17.8 Å². The van der Waals surface area contributed by atoms with Crippen molar-refractivity contribution in [3.05, 3.63) is 0 Å². The second-order valence-electron chi connectivity index (χ2n) is 7.07. The van der Waals surface area contributed by atoms with Gasteiger partial charge >= 0.3 is 0 Å². The van der Waals surface area contributed by atoms with Crippen LogP contribution in [0.15, 0.2) is 5.16 Å². The van der Waals surface area contributed by atoms with Gasteiger partial charge in [0.1, 0.15) is 5.41 Å². The minimum absolute atomic E-state index is 0.0377. The van der Waals surface area contributed by atoms with Gasteiger partial charge in [0.25, 0.3) is 0 Å². The van der Waals surface area contributed by atoms with Crippen LogP contribution in [0.5, 0.6) is 0 Å². The molecule has 2 aliphatic rings. The fourth-order valence-electron chi connectivity index (χ4n) is 3.85. The molecule has 120 valence electrons. The number of amidine groups is 1. The SMILES string of the molecule is CC1CCC(NC(=O)C2(C(N)=NO)CCCCC2)CC1C. The summed E-state index contributed by atoms with van der Waals surface area (Å²) >= 11 is 0. The third kappa shape index (κ3) is 3.33. The van der Waals surface area contributed by atoms with Gasteiger partial charge in [0.2, 0.25) is 5.91 Å². The first-order valence-electron chi connectivity index (χ1n) is 8.28. The fraction of sp³-hybridized carbons (Fsp3) is 0.875. The summed E-state index contributed by atoms with van der Waals surface area (Å²) in [4.78, 5) is 12.8. The van der Waals surface area contributed by atoms with Crippen molar-refractivity contribution in [2.75, 3.05) is 0 Å². The summed E-state index contributed by atoms with van der Waals surface area (Å²) in [5.74, 6) is 1.40. The van der Waals surface area contributed by atoms with E-state index >= 15 is 0 Å². The first kappa shape index (κ1) is 16.1. The van der Waals surface area contributed by atoms with Gasteiger partial charge in [-0.2, -0.15) is 0 Å². The molecule has 0 aromatic carbocycles. The van der Waals surface area contributed by atoms with Gasteiger partial charge in [-0.25, -0.2) is 0 Å². The van der Waals surface area contributed by atoms with Crippen LogP contribution in [-0.4, -0.2) is 23.0 Å². The minimum atomic E-state index is -0.792. The van der Waals surface area contributed by atoms with E-state index in [1.807, 2.05) is 0 Å². The molecule has 4 N–H and O–H groups in total. The molecule has 21 heavy (non-hydrogen) atoms. The van der Waals surface area contributed by atoms with Crippen molar-refractivity contribution in [3.63, 3.8) is 0 Å². The average molecular weight is 295 g/mol. The third-order valence-electron chi connectivity index (χ3n) is 5.67. The highest BCUT2D eigenvalue weighted by Crippen LogP contribution is 2.38. The zero-order valence-electron chi connectivity index (χ0n) is 13.3. The summed E-state index contributed by atoms with van der Waals surface area (Å²) < 4.78 is 0. The number of amides is 1. The monoisotopic (exact) mass is 295 g/mol. The Labute approximate surface area is 127 Å². The molecule has 5 heteroatoms. The maximum Gasteiger partial charge on any atom is 0.234 e. The Morgan fingerprint density at radius 1 is 1.19 bits per heavy atom. The summed E-state index contributed by atoms with van der Waals surface area (Å²) in [5.41, 5.74) is 5.08. The molecule has 1 amide bonds. The molecule has 2 fully saturated rings. The molecule has 0 saturated heterocycles. The number of hydrogen-bond acceptors (Lipinski definition) is 3. The maximum absolute atomic E-state index is 12.8. The average Bonchev–Trinajstić information content (AvgIpc) is 2.50. The van der Waals surface area contributed by atoms with Crippen LogP contribution >= 0.6 is 0 Å². The molecular formula is C16H29N3O2. The first-order valence-corrected chi connectivity index (χ1v) is 8.28. The maximum atomic E-state index is 12.8. The van der Waals surface area contributed by atoms with Crippen molar-refractivity contribution in [2.24, 2.45) is 28.1 Å². The lowest BCUT2D eigenvalue weighted by Crippen LogP contribution is -2.54. The van der Waals surface area contributed by atoms with Crippen LogP contribution in [0, 0.1) is 17.3 Å². The van der Waals surface area contributed by atoms with E-state index in [0.717, 1.165) is 44.4 Å². The highest BCUT2D eigenvalue weighted by atomic mass is 16.4. The molecule has 0 aromatic heterocycles. The minimum Gasteiger partial charge on any atom is -0.409 e. The van der Waals surface area contributed by atoms with Crippen LogP contribution in [0.1, 0.15) is 65.2 Å². The lowest BCUT2D eigenvalue weighted by molar-refractivity contribution is -0.130. The van der Waals surface area contributed by atoms with Gasteiger partial charge in [-0.1, -0.05) is 38.3 Å². The van der Waals surface area contributed by atoms with Gasteiger partial charge in [-0.15, -0.1) is 0 Å². The quantitative estimate of drug-likeness (QED) is 0.324. The van der Waals surface area contributed by atoms with Crippen LogP contribution in [0.25, 0.3) is 0 Å². The summed E-state index contributed by atoms with van der Waals surface area (Å²) in [5, 5.41) is 15.4. The van der Waals surface area contributed by atoms with Gasteiger partial charge in [-0.3, -0.25) is 4.79 Å². The second kappa shape index (κ2) is 6.67. The van der Waals surface area contributed by atoms with Crippen molar-refractivity contribution in [1.29, 1.82) is 0 Å².